The van der Waals surface area contributed by atoms with E-state index in [1.54, 1.807) is 0 Å². The van der Waals surface area contributed by atoms with Crippen molar-refractivity contribution in [1.82, 2.24) is 0 Å². The molecule has 6 atom stereocenters. The van der Waals surface area contributed by atoms with E-state index in [0.717, 1.165) is 96.3 Å². The number of carbonyl (C=O) groups excluding carboxylic acids is 1. The molecule has 0 spiro atoms. The summed E-state index contributed by atoms with van der Waals surface area (Å²) < 4.78 is 22.8. The van der Waals surface area contributed by atoms with E-state index in [2.05, 4.69) is 135 Å². The number of esters is 1. The van der Waals surface area contributed by atoms with Gasteiger partial charge in [-0.25, -0.2) is 0 Å². The van der Waals surface area contributed by atoms with Gasteiger partial charge in [0.25, 0.3) is 0 Å². The summed E-state index contributed by atoms with van der Waals surface area (Å²) in [6.45, 7) is 4.19. The van der Waals surface area contributed by atoms with Crippen molar-refractivity contribution in [1.29, 1.82) is 0 Å². The minimum atomic E-state index is -1.56. The van der Waals surface area contributed by atoms with E-state index < -0.39 is 49.4 Å². The normalized spacial score (nSPS) is 20.5. The van der Waals surface area contributed by atoms with Crippen molar-refractivity contribution in [2.24, 2.45) is 0 Å². The second-order valence-corrected chi connectivity index (χ2v) is 16.5. The molecule has 0 aromatic rings. The summed E-state index contributed by atoms with van der Waals surface area (Å²) in [5.74, 6) is -0.404. The minimum absolute atomic E-state index is 0.0982. The molecule has 372 valence electrons. The van der Waals surface area contributed by atoms with Crippen molar-refractivity contribution < 1.29 is 44.2 Å². The van der Waals surface area contributed by atoms with Crippen LogP contribution in [-0.4, -0.2) is 89.6 Å². The van der Waals surface area contributed by atoms with E-state index in [9.17, 15) is 25.2 Å². The van der Waals surface area contributed by atoms with Crippen molar-refractivity contribution in [3.8, 4) is 0 Å². The lowest BCUT2D eigenvalue weighted by atomic mass is 9.99. The summed E-state index contributed by atoms with van der Waals surface area (Å²) in [5.41, 5.74) is 0. The van der Waals surface area contributed by atoms with Crippen molar-refractivity contribution in [3.05, 3.63) is 134 Å². The van der Waals surface area contributed by atoms with Gasteiger partial charge in [0.05, 0.1) is 19.8 Å². The predicted molar refractivity (Wildman–Crippen MR) is 274 cm³/mol. The number of ether oxygens (including phenoxy) is 4. The van der Waals surface area contributed by atoms with Crippen molar-refractivity contribution in [2.45, 2.75) is 192 Å². The Morgan fingerprint density at radius 2 is 0.879 bits per heavy atom. The molecular formula is C57H90O9. The lowest BCUT2D eigenvalue weighted by molar-refractivity contribution is -0.305. The van der Waals surface area contributed by atoms with Crippen LogP contribution in [0.3, 0.4) is 0 Å². The highest BCUT2D eigenvalue weighted by Gasteiger charge is 2.44. The third-order valence-corrected chi connectivity index (χ3v) is 10.6. The second-order valence-electron chi connectivity index (χ2n) is 16.5. The van der Waals surface area contributed by atoms with E-state index in [1.807, 2.05) is 12.2 Å². The largest absolute Gasteiger partial charge is 0.457 e. The van der Waals surface area contributed by atoms with Gasteiger partial charge in [0.2, 0.25) is 0 Å². The van der Waals surface area contributed by atoms with Crippen LogP contribution in [0.1, 0.15) is 155 Å². The molecule has 1 rings (SSSR count). The SMILES string of the molecule is CC/C=C\C/C=C\C/C=C\C/C=C\C/C=C\C/C=C\CCC(=O)OC(COCCCCCCCCCC/C=C\C/C=C\C/C=C\C/C=C\C/C=C\CC)COC1OC(CO)C(O)C(O)C1O. The molecule has 6 unspecified atom stereocenters. The van der Waals surface area contributed by atoms with Crippen LogP contribution in [-0.2, 0) is 23.7 Å². The summed E-state index contributed by atoms with van der Waals surface area (Å²) in [6.07, 6.45) is 62.1. The van der Waals surface area contributed by atoms with E-state index in [4.69, 9.17) is 18.9 Å². The summed E-state index contributed by atoms with van der Waals surface area (Å²) >= 11 is 0. The molecule has 9 nitrogen and oxygen atoms in total. The van der Waals surface area contributed by atoms with Gasteiger partial charge in [-0.15, -0.1) is 0 Å². The van der Waals surface area contributed by atoms with Crippen LogP contribution in [0.5, 0.6) is 0 Å². The monoisotopic (exact) mass is 919 g/mol. The highest BCUT2D eigenvalue weighted by molar-refractivity contribution is 5.69. The highest BCUT2D eigenvalue weighted by Crippen LogP contribution is 2.22. The molecule has 1 aliphatic heterocycles. The Balaban J connectivity index is 2.28. The maximum absolute atomic E-state index is 12.8. The van der Waals surface area contributed by atoms with Crippen molar-refractivity contribution in [3.63, 3.8) is 0 Å². The smallest absolute Gasteiger partial charge is 0.306 e. The molecule has 0 bridgehead atoms. The number of aliphatic hydroxyl groups is 4. The minimum Gasteiger partial charge on any atom is -0.457 e. The zero-order valence-electron chi connectivity index (χ0n) is 40.9. The number of hydrogen-bond acceptors (Lipinski definition) is 9. The number of hydrogen-bond donors (Lipinski definition) is 4. The second kappa shape index (κ2) is 46.4. The molecule has 1 saturated heterocycles. The molecule has 0 aromatic heterocycles. The molecule has 1 aliphatic rings. The Hall–Kier alpha value is -3.67. The van der Waals surface area contributed by atoms with Gasteiger partial charge in [0.1, 0.15) is 30.5 Å². The van der Waals surface area contributed by atoms with Crippen LogP contribution < -0.4 is 0 Å². The van der Waals surface area contributed by atoms with Crippen molar-refractivity contribution in [2.75, 3.05) is 26.4 Å². The Morgan fingerprint density at radius 3 is 1.32 bits per heavy atom. The van der Waals surface area contributed by atoms with Gasteiger partial charge < -0.3 is 39.4 Å². The third kappa shape index (κ3) is 36.4. The number of rotatable bonds is 41. The Labute approximate surface area is 400 Å². The van der Waals surface area contributed by atoms with E-state index in [1.165, 1.54) is 32.1 Å². The summed E-state index contributed by atoms with van der Waals surface area (Å²) in [6, 6.07) is 0. The molecule has 66 heavy (non-hydrogen) atoms. The van der Waals surface area contributed by atoms with Gasteiger partial charge in [0.15, 0.2) is 6.29 Å². The molecule has 0 radical (unpaired) electrons. The Morgan fingerprint density at radius 1 is 0.485 bits per heavy atom. The van der Waals surface area contributed by atoms with Gasteiger partial charge in [-0.1, -0.05) is 186 Å². The van der Waals surface area contributed by atoms with Crippen LogP contribution in [0.25, 0.3) is 0 Å². The summed E-state index contributed by atoms with van der Waals surface area (Å²) in [4.78, 5) is 12.8. The topological polar surface area (TPSA) is 135 Å². The predicted octanol–water partition coefficient (Wildman–Crippen LogP) is 12.5. The molecule has 1 fully saturated rings. The van der Waals surface area contributed by atoms with Crippen LogP contribution in [0, 0.1) is 0 Å². The molecule has 0 aliphatic carbocycles. The average Bonchev–Trinajstić information content (AvgIpc) is 3.32. The van der Waals surface area contributed by atoms with E-state index >= 15 is 0 Å². The Kier molecular flexibility index (Phi) is 42.5. The van der Waals surface area contributed by atoms with Crippen molar-refractivity contribution >= 4 is 5.97 Å². The van der Waals surface area contributed by atoms with E-state index in [-0.39, 0.29) is 19.6 Å². The fourth-order valence-electron chi connectivity index (χ4n) is 6.72. The van der Waals surface area contributed by atoms with Gasteiger partial charge in [-0.2, -0.15) is 0 Å². The first-order valence-corrected chi connectivity index (χ1v) is 25.3. The molecule has 1 heterocycles. The van der Waals surface area contributed by atoms with Crippen LogP contribution in [0.15, 0.2) is 134 Å². The molecule has 4 N–H and O–H groups in total. The molecule has 0 aromatic carbocycles. The zero-order chi connectivity index (χ0) is 47.8. The average molecular weight is 919 g/mol. The maximum Gasteiger partial charge on any atom is 0.306 e. The summed E-state index contributed by atoms with van der Waals surface area (Å²) in [5, 5.41) is 40.2. The van der Waals surface area contributed by atoms with Gasteiger partial charge in [-0.3, -0.25) is 4.79 Å². The quantitative estimate of drug-likeness (QED) is 0.0269. The van der Waals surface area contributed by atoms with E-state index in [0.29, 0.717) is 13.0 Å². The fourth-order valence-corrected chi connectivity index (χ4v) is 6.72. The lowest BCUT2D eigenvalue weighted by Gasteiger charge is -2.39. The van der Waals surface area contributed by atoms with Gasteiger partial charge >= 0.3 is 5.97 Å². The van der Waals surface area contributed by atoms with Crippen LogP contribution in [0.2, 0.25) is 0 Å². The first-order valence-electron chi connectivity index (χ1n) is 25.3. The Bertz CT molecular complexity index is 1460. The van der Waals surface area contributed by atoms with Gasteiger partial charge in [0, 0.05) is 13.0 Å². The summed E-state index contributed by atoms with van der Waals surface area (Å²) in [7, 11) is 0. The van der Waals surface area contributed by atoms with Gasteiger partial charge in [-0.05, 0) is 96.3 Å². The standard InChI is InChI=1S/C57H90O9/c1-3-5-7-9-11-13-15-17-19-21-23-24-25-26-27-29-31-33-35-37-39-41-43-45-47-63-49-51(50-64-57-56(62)55(61)54(60)52(48-58)66-57)65-53(59)46-44-42-40-38-36-34-32-30-28-22-20-18-16-14-12-10-8-6-4-2/h5-8,11-14,17-20,23-24,26-28,30,34,36,40,42,51-52,54-58,60-62H,3-4,9-10,15-16,21-22,25,29,31-33,35,37-39,41,43-50H2,1-2H3/b7-5-,8-6-,13-11-,14-12-,19-17-,20-18-,24-23-,27-26-,30-28-,36-34-,42-40-. The lowest BCUT2D eigenvalue weighted by Crippen LogP contribution is -2.59. The number of allylic oxidation sites excluding steroid dienone is 22. The number of carbonyl (C=O) groups is 1. The number of unbranched alkanes of at least 4 members (excludes halogenated alkanes) is 8. The fraction of sp³-hybridized carbons (Fsp3) is 0.596. The number of aliphatic hydroxyl groups excluding tert-OH is 4. The first kappa shape index (κ1) is 60.3. The van der Waals surface area contributed by atoms with Crippen LogP contribution >= 0.6 is 0 Å². The first-order chi connectivity index (χ1) is 32.4. The molecular weight excluding hydrogens is 829 g/mol. The third-order valence-electron chi connectivity index (χ3n) is 10.6. The maximum atomic E-state index is 12.8. The molecule has 0 saturated carbocycles. The molecule has 0 amide bonds. The van der Waals surface area contributed by atoms with Crippen LogP contribution in [0.4, 0.5) is 0 Å². The zero-order valence-corrected chi connectivity index (χ0v) is 40.9. The highest BCUT2D eigenvalue weighted by atomic mass is 16.7. The molecule has 9 heteroatoms.